The fourth-order valence-corrected chi connectivity index (χ4v) is 4.94. The minimum absolute atomic E-state index is 0.0469. The van der Waals surface area contributed by atoms with Crippen LogP contribution in [0, 0.1) is 23.4 Å². The van der Waals surface area contributed by atoms with E-state index >= 15 is 8.78 Å². The first-order valence-electron chi connectivity index (χ1n) is 12.3. The maximum absolute atomic E-state index is 15.1. The number of aromatic nitrogens is 2. The number of rotatable bonds is 6. The highest BCUT2D eigenvalue weighted by Gasteiger charge is 2.36. The summed E-state index contributed by atoms with van der Waals surface area (Å²) in [7, 11) is 0. The van der Waals surface area contributed by atoms with Gasteiger partial charge in [0, 0.05) is 32.3 Å². The average Bonchev–Trinajstić information content (AvgIpc) is 3.33. The van der Waals surface area contributed by atoms with E-state index in [0.29, 0.717) is 25.2 Å². The molecule has 3 atom stereocenters. The Balaban J connectivity index is 1.38. The van der Waals surface area contributed by atoms with Gasteiger partial charge >= 0.3 is 0 Å². The Kier molecular flexibility index (Phi) is 7.06. The molecule has 2 aliphatic heterocycles. The molecule has 4 heterocycles. The topological polar surface area (TPSA) is 90.7 Å². The Bertz CT molecular complexity index is 1260. The van der Waals surface area contributed by atoms with E-state index < -0.39 is 34.3 Å². The minimum atomic E-state index is -1.48. The van der Waals surface area contributed by atoms with Crippen molar-refractivity contribution in [1.29, 1.82) is 0 Å². The Morgan fingerprint density at radius 3 is 2.65 bits per heavy atom. The van der Waals surface area contributed by atoms with Gasteiger partial charge in [-0.1, -0.05) is 6.92 Å². The van der Waals surface area contributed by atoms with Crippen LogP contribution in [-0.2, 0) is 16.9 Å². The van der Waals surface area contributed by atoms with Crippen molar-refractivity contribution in [3.8, 4) is 11.3 Å². The number of halogens is 3. The second-order valence-corrected chi connectivity index (χ2v) is 9.81. The average molecular weight is 515 g/mol. The number of ether oxygens (including phenoxy) is 1. The highest BCUT2D eigenvalue weighted by atomic mass is 19.1. The lowest BCUT2D eigenvalue weighted by atomic mass is 9.91. The summed E-state index contributed by atoms with van der Waals surface area (Å²) in [6, 6.07) is 6.48. The Morgan fingerprint density at radius 1 is 1.16 bits per heavy atom. The summed E-state index contributed by atoms with van der Waals surface area (Å²) in [5.41, 5.74) is -0.451. The summed E-state index contributed by atoms with van der Waals surface area (Å²) >= 11 is 0. The van der Waals surface area contributed by atoms with E-state index in [-0.39, 0.29) is 43.8 Å². The van der Waals surface area contributed by atoms with E-state index in [1.54, 1.807) is 12.4 Å². The molecule has 0 bridgehead atoms. The van der Waals surface area contributed by atoms with Gasteiger partial charge in [0.25, 0.3) is 0 Å². The van der Waals surface area contributed by atoms with Gasteiger partial charge in [-0.3, -0.25) is 4.98 Å². The van der Waals surface area contributed by atoms with Crippen LogP contribution in [0.1, 0.15) is 31.0 Å². The summed E-state index contributed by atoms with van der Waals surface area (Å²) in [4.78, 5) is 10.6. The first-order chi connectivity index (χ1) is 17.7. The predicted molar refractivity (Wildman–Crippen MR) is 132 cm³/mol. The zero-order valence-corrected chi connectivity index (χ0v) is 20.4. The van der Waals surface area contributed by atoms with Gasteiger partial charge in [0.1, 0.15) is 28.7 Å². The highest BCUT2D eigenvalue weighted by Crippen LogP contribution is 2.36. The van der Waals surface area contributed by atoms with Gasteiger partial charge in [-0.25, -0.2) is 18.2 Å². The fourth-order valence-electron chi connectivity index (χ4n) is 4.94. The molecule has 37 heavy (non-hydrogen) atoms. The maximum atomic E-state index is 15.1. The van der Waals surface area contributed by atoms with Crippen molar-refractivity contribution >= 4 is 11.4 Å². The molecule has 3 aromatic rings. The van der Waals surface area contributed by atoms with E-state index in [9.17, 15) is 14.6 Å². The van der Waals surface area contributed by atoms with E-state index in [2.05, 4.69) is 20.2 Å². The molecule has 2 aliphatic rings. The largest absolute Gasteiger partial charge is 0.393 e. The molecule has 7 nitrogen and oxygen atoms in total. The van der Waals surface area contributed by atoms with Crippen molar-refractivity contribution in [3.05, 3.63) is 71.4 Å². The van der Waals surface area contributed by atoms with Crippen LogP contribution in [0.2, 0.25) is 0 Å². The van der Waals surface area contributed by atoms with Crippen LogP contribution < -0.4 is 10.2 Å². The number of nitrogens with one attached hydrogen (secondary N) is 1. The molecule has 2 fully saturated rings. The third-order valence-electron chi connectivity index (χ3n) is 7.18. The second-order valence-electron chi connectivity index (χ2n) is 9.81. The molecule has 0 amide bonds. The number of benzene rings is 1. The molecule has 3 N–H and O–H groups in total. The van der Waals surface area contributed by atoms with E-state index in [1.807, 2.05) is 13.0 Å². The number of hydrogen-bond acceptors (Lipinski definition) is 7. The van der Waals surface area contributed by atoms with E-state index in [0.717, 1.165) is 29.6 Å². The Hall–Kier alpha value is -3.21. The molecular weight excluding hydrogens is 485 g/mol. The molecule has 10 heteroatoms. The molecule has 2 saturated heterocycles. The quantitative estimate of drug-likeness (QED) is 0.458. The standard InChI is InChI=1S/C27H29F3N4O3/c1-16-14-34(8-5-24(16)35)23-4-7-31-13-22(23)32-12-18-2-3-19(28)26(33-18)25-20(29)10-17(11-21(25)30)27(36)6-9-37-15-27/h2-4,7,10-11,13,16,24,32,35-36H,5-6,8-9,12,14-15H2,1H3. The molecule has 5 rings (SSSR count). The number of anilines is 2. The van der Waals surface area contributed by atoms with Gasteiger partial charge in [-0.05, 0) is 48.2 Å². The summed E-state index contributed by atoms with van der Waals surface area (Å²) in [6.45, 7) is 3.77. The van der Waals surface area contributed by atoms with Crippen LogP contribution in [0.15, 0.2) is 42.7 Å². The van der Waals surface area contributed by atoms with E-state index in [4.69, 9.17) is 4.74 Å². The third-order valence-corrected chi connectivity index (χ3v) is 7.18. The van der Waals surface area contributed by atoms with Crippen molar-refractivity contribution in [2.45, 2.75) is 38.0 Å². The lowest BCUT2D eigenvalue weighted by Crippen LogP contribution is -2.42. The molecular formula is C27H29F3N4O3. The molecule has 0 spiro atoms. The predicted octanol–water partition coefficient (Wildman–Crippen LogP) is 3.99. The van der Waals surface area contributed by atoms with Gasteiger partial charge in [0.15, 0.2) is 0 Å². The lowest BCUT2D eigenvalue weighted by Gasteiger charge is -2.36. The van der Waals surface area contributed by atoms with Crippen molar-refractivity contribution in [2.75, 3.05) is 36.5 Å². The third kappa shape index (κ3) is 5.14. The monoisotopic (exact) mass is 514 g/mol. The number of pyridine rings is 2. The Labute approximate surface area is 212 Å². The van der Waals surface area contributed by atoms with Crippen molar-refractivity contribution < 1.29 is 28.1 Å². The summed E-state index contributed by atoms with van der Waals surface area (Å²) < 4.78 is 50.0. The fraction of sp³-hybridized carbons (Fsp3) is 0.407. The maximum Gasteiger partial charge on any atom is 0.149 e. The van der Waals surface area contributed by atoms with Crippen LogP contribution in [0.4, 0.5) is 24.5 Å². The van der Waals surface area contributed by atoms with E-state index in [1.165, 1.54) is 6.07 Å². The highest BCUT2D eigenvalue weighted by molar-refractivity contribution is 5.69. The van der Waals surface area contributed by atoms with Crippen LogP contribution in [0.3, 0.4) is 0 Å². The molecule has 0 saturated carbocycles. The van der Waals surface area contributed by atoms with Gasteiger partial charge in [0.2, 0.25) is 0 Å². The summed E-state index contributed by atoms with van der Waals surface area (Å²) in [5.74, 6) is -2.76. The number of aliphatic hydroxyl groups excluding tert-OH is 1. The first kappa shape index (κ1) is 25.4. The van der Waals surface area contributed by atoms with Crippen molar-refractivity contribution in [2.24, 2.45) is 5.92 Å². The number of piperidine rings is 1. The molecule has 196 valence electrons. The van der Waals surface area contributed by atoms with Gasteiger partial charge in [-0.2, -0.15) is 0 Å². The van der Waals surface area contributed by atoms with Crippen LogP contribution in [-0.4, -0.2) is 52.6 Å². The van der Waals surface area contributed by atoms with Gasteiger partial charge in [0.05, 0.1) is 48.1 Å². The number of hydrogen-bond donors (Lipinski definition) is 3. The molecule has 1 aromatic carbocycles. The molecule has 2 aromatic heterocycles. The summed E-state index contributed by atoms with van der Waals surface area (Å²) in [5, 5.41) is 23.9. The SMILES string of the molecule is CC1CN(c2ccncc2NCc2ccc(F)c(-c3c(F)cc(C4(O)CCOC4)cc3F)n2)CCC1O. The number of aliphatic hydroxyl groups is 2. The van der Waals surface area contributed by atoms with Crippen LogP contribution in [0.25, 0.3) is 11.3 Å². The molecule has 0 aliphatic carbocycles. The zero-order valence-electron chi connectivity index (χ0n) is 20.4. The lowest BCUT2D eigenvalue weighted by molar-refractivity contribution is 0.0227. The van der Waals surface area contributed by atoms with Gasteiger partial charge in [-0.15, -0.1) is 0 Å². The first-order valence-corrected chi connectivity index (χ1v) is 12.3. The van der Waals surface area contributed by atoms with Crippen LogP contribution >= 0.6 is 0 Å². The number of nitrogens with zero attached hydrogens (tertiary/aromatic N) is 3. The smallest absolute Gasteiger partial charge is 0.149 e. The summed E-state index contributed by atoms with van der Waals surface area (Å²) in [6.07, 6.45) is 3.90. The minimum Gasteiger partial charge on any atom is -0.393 e. The van der Waals surface area contributed by atoms with Crippen molar-refractivity contribution in [1.82, 2.24) is 9.97 Å². The van der Waals surface area contributed by atoms with Crippen LogP contribution in [0.5, 0.6) is 0 Å². The molecule has 0 radical (unpaired) electrons. The van der Waals surface area contributed by atoms with Gasteiger partial charge < -0.3 is 25.2 Å². The second kappa shape index (κ2) is 10.3. The van der Waals surface area contributed by atoms with Crippen molar-refractivity contribution in [3.63, 3.8) is 0 Å². The zero-order chi connectivity index (χ0) is 26.2. The Morgan fingerprint density at radius 2 is 1.95 bits per heavy atom. The normalized spacial score (nSPS) is 23.9. The molecule has 3 unspecified atom stereocenters.